The molecule has 3 rings (SSSR count). The Bertz CT molecular complexity index is 565. The highest BCUT2D eigenvalue weighted by Crippen LogP contribution is 2.27. The van der Waals surface area contributed by atoms with Gasteiger partial charge in [-0.05, 0) is 42.4 Å². The van der Waals surface area contributed by atoms with Crippen molar-refractivity contribution in [1.82, 2.24) is 5.32 Å². The molecular formula is C19H28N2O3. The molecule has 0 bridgehead atoms. The van der Waals surface area contributed by atoms with E-state index in [-0.39, 0.29) is 29.7 Å². The fourth-order valence-electron chi connectivity index (χ4n) is 3.40. The van der Waals surface area contributed by atoms with E-state index in [1.807, 2.05) is 12.1 Å². The quantitative estimate of drug-likeness (QED) is 0.872. The maximum atomic E-state index is 12.2. The van der Waals surface area contributed by atoms with Crippen LogP contribution >= 0.6 is 0 Å². The first-order chi connectivity index (χ1) is 11.4. The first kappa shape index (κ1) is 17.2. The molecule has 3 unspecified atom stereocenters. The van der Waals surface area contributed by atoms with Gasteiger partial charge in [-0.2, -0.15) is 0 Å². The summed E-state index contributed by atoms with van der Waals surface area (Å²) in [6.45, 7) is 7.87. The normalized spacial score (nSPS) is 27.2. The van der Waals surface area contributed by atoms with E-state index in [1.165, 1.54) is 5.56 Å². The minimum absolute atomic E-state index is 0.113. The summed E-state index contributed by atoms with van der Waals surface area (Å²) in [5, 5.41) is 5.98. The maximum Gasteiger partial charge on any atom is 0.319 e. The monoisotopic (exact) mass is 332 g/mol. The molecule has 1 saturated heterocycles. The molecule has 1 saturated carbocycles. The van der Waals surface area contributed by atoms with Crippen molar-refractivity contribution in [2.45, 2.75) is 63.7 Å². The lowest BCUT2D eigenvalue weighted by Gasteiger charge is -2.39. The van der Waals surface area contributed by atoms with Gasteiger partial charge in [0.15, 0.2) is 0 Å². The summed E-state index contributed by atoms with van der Waals surface area (Å²) in [5.41, 5.74) is 2.18. The molecule has 5 heteroatoms. The minimum Gasteiger partial charge on any atom is -0.373 e. The molecule has 0 aromatic heterocycles. The number of ether oxygens (including phenoxy) is 2. The summed E-state index contributed by atoms with van der Waals surface area (Å²) in [6.07, 6.45) is 3.01. The third-order valence-electron chi connectivity index (χ3n) is 4.82. The van der Waals surface area contributed by atoms with Gasteiger partial charge in [-0.25, -0.2) is 4.79 Å². The fourth-order valence-corrected chi connectivity index (χ4v) is 3.40. The van der Waals surface area contributed by atoms with Crippen LogP contribution in [0.4, 0.5) is 10.5 Å². The van der Waals surface area contributed by atoms with Crippen molar-refractivity contribution in [1.29, 1.82) is 0 Å². The number of hydrogen-bond donors (Lipinski definition) is 2. The first-order valence-corrected chi connectivity index (χ1v) is 8.83. The van der Waals surface area contributed by atoms with E-state index in [1.54, 1.807) is 0 Å². The van der Waals surface area contributed by atoms with Gasteiger partial charge in [0.1, 0.15) is 0 Å². The molecule has 24 heavy (non-hydrogen) atoms. The molecule has 2 amide bonds. The van der Waals surface area contributed by atoms with Gasteiger partial charge < -0.3 is 20.1 Å². The van der Waals surface area contributed by atoms with Crippen molar-refractivity contribution >= 4 is 11.7 Å². The number of rotatable bonds is 2. The van der Waals surface area contributed by atoms with Gasteiger partial charge in [0, 0.05) is 11.7 Å². The predicted octanol–water partition coefficient (Wildman–Crippen LogP) is 3.44. The van der Waals surface area contributed by atoms with Crippen LogP contribution in [0.5, 0.6) is 0 Å². The Balaban J connectivity index is 1.50. The van der Waals surface area contributed by atoms with Crippen LogP contribution in [0, 0.1) is 0 Å². The van der Waals surface area contributed by atoms with Crippen molar-refractivity contribution < 1.29 is 14.3 Å². The summed E-state index contributed by atoms with van der Waals surface area (Å²) in [4.78, 5) is 12.2. The molecule has 2 aliphatic rings. The van der Waals surface area contributed by atoms with E-state index < -0.39 is 0 Å². The predicted molar refractivity (Wildman–Crippen MR) is 94.4 cm³/mol. The number of fused-ring (bicyclic) bond motifs is 1. The van der Waals surface area contributed by atoms with Crippen LogP contribution in [0.1, 0.15) is 45.6 Å². The molecule has 1 heterocycles. The van der Waals surface area contributed by atoms with Crippen LogP contribution in [0.2, 0.25) is 0 Å². The molecule has 3 atom stereocenters. The molecule has 0 spiro atoms. The second kappa shape index (κ2) is 7.11. The zero-order chi connectivity index (χ0) is 17.2. The summed E-state index contributed by atoms with van der Waals surface area (Å²) in [7, 11) is 0. The van der Waals surface area contributed by atoms with Gasteiger partial charge in [-0.3, -0.25) is 0 Å². The van der Waals surface area contributed by atoms with Crippen LogP contribution < -0.4 is 10.6 Å². The van der Waals surface area contributed by atoms with Gasteiger partial charge in [-0.1, -0.05) is 32.9 Å². The zero-order valence-electron chi connectivity index (χ0n) is 14.8. The Morgan fingerprint density at radius 1 is 1.04 bits per heavy atom. The molecule has 1 aromatic carbocycles. The largest absolute Gasteiger partial charge is 0.373 e. The Morgan fingerprint density at radius 2 is 1.71 bits per heavy atom. The van der Waals surface area contributed by atoms with Crippen molar-refractivity contribution in [3.05, 3.63) is 29.8 Å². The van der Waals surface area contributed by atoms with Gasteiger partial charge >= 0.3 is 6.03 Å². The average Bonchev–Trinajstić information content (AvgIpc) is 2.54. The molecule has 1 aliphatic heterocycles. The number of urea groups is 1. The second-order valence-electron chi connectivity index (χ2n) is 7.75. The maximum absolute atomic E-state index is 12.2. The summed E-state index contributed by atoms with van der Waals surface area (Å²) < 4.78 is 11.5. The van der Waals surface area contributed by atoms with E-state index in [0.29, 0.717) is 13.2 Å². The molecule has 2 fully saturated rings. The third-order valence-corrected chi connectivity index (χ3v) is 4.82. The highest BCUT2D eigenvalue weighted by molar-refractivity contribution is 5.89. The van der Waals surface area contributed by atoms with E-state index in [2.05, 4.69) is 43.5 Å². The SMILES string of the molecule is CC(C)(C)c1ccc(NC(=O)NC2CCC3OCCOC3C2)cc1. The minimum atomic E-state index is -0.154. The number of benzene rings is 1. The summed E-state index contributed by atoms with van der Waals surface area (Å²) in [5.74, 6) is 0. The first-order valence-electron chi connectivity index (χ1n) is 8.83. The molecule has 1 aliphatic carbocycles. The van der Waals surface area contributed by atoms with Crippen molar-refractivity contribution in [2.75, 3.05) is 18.5 Å². The molecule has 132 valence electrons. The molecular weight excluding hydrogens is 304 g/mol. The van der Waals surface area contributed by atoms with Crippen molar-refractivity contribution in [3.8, 4) is 0 Å². The van der Waals surface area contributed by atoms with Crippen LogP contribution in [-0.2, 0) is 14.9 Å². The molecule has 2 N–H and O–H groups in total. The zero-order valence-corrected chi connectivity index (χ0v) is 14.8. The highest BCUT2D eigenvalue weighted by Gasteiger charge is 2.34. The standard InChI is InChI=1S/C19H28N2O3/c1-19(2,3)13-4-6-14(7-5-13)20-18(22)21-15-8-9-16-17(12-15)24-11-10-23-16/h4-7,15-17H,8-12H2,1-3H3,(H2,20,21,22). The molecule has 5 nitrogen and oxygen atoms in total. The number of anilines is 1. The van der Waals surface area contributed by atoms with Gasteiger partial charge in [0.25, 0.3) is 0 Å². The van der Waals surface area contributed by atoms with E-state index in [9.17, 15) is 4.79 Å². The van der Waals surface area contributed by atoms with E-state index >= 15 is 0 Å². The number of hydrogen-bond acceptors (Lipinski definition) is 3. The van der Waals surface area contributed by atoms with E-state index in [4.69, 9.17) is 9.47 Å². The Hall–Kier alpha value is -1.59. The Labute approximate surface area is 144 Å². The third kappa shape index (κ3) is 4.28. The Morgan fingerprint density at radius 3 is 2.38 bits per heavy atom. The average molecular weight is 332 g/mol. The second-order valence-corrected chi connectivity index (χ2v) is 7.75. The van der Waals surface area contributed by atoms with Crippen LogP contribution in [-0.4, -0.2) is 37.5 Å². The van der Waals surface area contributed by atoms with Gasteiger partial charge in [0.05, 0.1) is 25.4 Å². The van der Waals surface area contributed by atoms with Gasteiger partial charge in [0.2, 0.25) is 0 Å². The topological polar surface area (TPSA) is 59.6 Å². The fraction of sp³-hybridized carbons (Fsp3) is 0.632. The summed E-state index contributed by atoms with van der Waals surface area (Å²) >= 11 is 0. The molecule has 0 radical (unpaired) electrons. The lowest BCUT2D eigenvalue weighted by atomic mass is 9.87. The van der Waals surface area contributed by atoms with E-state index in [0.717, 1.165) is 24.9 Å². The van der Waals surface area contributed by atoms with Crippen LogP contribution in [0.25, 0.3) is 0 Å². The van der Waals surface area contributed by atoms with Gasteiger partial charge in [-0.15, -0.1) is 0 Å². The smallest absolute Gasteiger partial charge is 0.319 e. The van der Waals surface area contributed by atoms with Crippen LogP contribution in [0.15, 0.2) is 24.3 Å². The Kier molecular flexibility index (Phi) is 5.11. The van der Waals surface area contributed by atoms with Crippen LogP contribution in [0.3, 0.4) is 0 Å². The summed E-state index contributed by atoms with van der Waals surface area (Å²) in [6, 6.07) is 8.02. The highest BCUT2D eigenvalue weighted by atomic mass is 16.6. The molecule has 1 aromatic rings. The van der Waals surface area contributed by atoms with Crippen molar-refractivity contribution in [3.63, 3.8) is 0 Å². The number of carbonyl (C=O) groups is 1. The lowest BCUT2D eigenvalue weighted by Crippen LogP contribution is -2.50. The number of nitrogens with one attached hydrogen (secondary N) is 2. The van der Waals surface area contributed by atoms with Crippen molar-refractivity contribution in [2.24, 2.45) is 0 Å². The number of amides is 2. The number of carbonyl (C=O) groups excluding carboxylic acids is 1. The lowest BCUT2D eigenvalue weighted by molar-refractivity contribution is -0.157.